The highest BCUT2D eigenvalue weighted by Crippen LogP contribution is 2.18. The highest BCUT2D eigenvalue weighted by atomic mass is 35.5. The van der Waals surface area contributed by atoms with Gasteiger partial charge in [0.2, 0.25) is 0 Å². The van der Waals surface area contributed by atoms with Gasteiger partial charge in [-0.1, -0.05) is 61.0 Å². The van der Waals surface area contributed by atoms with Gasteiger partial charge >= 0.3 is 0 Å². The minimum atomic E-state index is 0.737. The monoisotopic (exact) mass is 311 g/mol. The third-order valence-corrected chi connectivity index (χ3v) is 3.70. The van der Waals surface area contributed by atoms with Gasteiger partial charge < -0.3 is 0 Å². The van der Waals surface area contributed by atoms with Crippen molar-refractivity contribution in [3.63, 3.8) is 0 Å². The predicted octanol–water partition coefficient (Wildman–Crippen LogP) is 4.60. The first-order valence-electron chi connectivity index (χ1n) is 7.50. The van der Waals surface area contributed by atoms with Gasteiger partial charge in [-0.2, -0.15) is 5.10 Å². The number of benzene rings is 2. The van der Waals surface area contributed by atoms with Gasteiger partial charge in [0.15, 0.2) is 5.82 Å². The van der Waals surface area contributed by atoms with Crippen molar-refractivity contribution in [3.05, 3.63) is 71.0 Å². The lowest BCUT2D eigenvalue weighted by atomic mass is 10.1. The summed E-state index contributed by atoms with van der Waals surface area (Å²) in [5.74, 6) is 1.76. The van der Waals surface area contributed by atoms with Gasteiger partial charge in [-0.3, -0.25) is 0 Å². The Morgan fingerprint density at radius 2 is 1.86 bits per heavy atom. The highest BCUT2D eigenvalue weighted by molar-refractivity contribution is 6.30. The summed E-state index contributed by atoms with van der Waals surface area (Å²) in [4.78, 5) is 4.73. The van der Waals surface area contributed by atoms with Gasteiger partial charge in [-0.15, -0.1) is 0 Å². The quantitative estimate of drug-likeness (QED) is 0.689. The van der Waals surface area contributed by atoms with Crippen LogP contribution in [0.3, 0.4) is 0 Å². The van der Waals surface area contributed by atoms with Crippen LogP contribution >= 0.6 is 11.6 Å². The van der Waals surface area contributed by atoms with Crippen molar-refractivity contribution in [3.8, 4) is 11.4 Å². The summed E-state index contributed by atoms with van der Waals surface area (Å²) in [5.41, 5.74) is 2.20. The van der Waals surface area contributed by atoms with Gasteiger partial charge in [0.05, 0.1) is 0 Å². The molecule has 0 spiro atoms. The van der Waals surface area contributed by atoms with Crippen LogP contribution in [0.1, 0.15) is 24.7 Å². The van der Waals surface area contributed by atoms with Crippen molar-refractivity contribution in [2.45, 2.75) is 26.3 Å². The zero-order chi connectivity index (χ0) is 15.4. The van der Waals surface area contributed by atoms with E-state index >= 15 is 0 Å². The molecule has 1 heterocycles. The maximum atomic E-state index is 6.07. The standard InChI is InChI=1S/C18H18ClN3/c1-2-11-22-17(13-14-7-6-10-16(19)12-14)20-18(21-22)15-8-4-3-5-9-15/h3-10,12H,2,11,13H2,1H3. The van der Waals surface area contributed by atoms with Crippen LogP contribution in [0.5, 0.6) is 0 Å². The van der Waals surface area contributed by atoms with Gasteiger partial charge in [0, 0.05) is 23.6 Å². The number of rotatable bonds is 5. The second kappa shape index (κ2) is 6.75. The molecule has 0 radical (unpaired) electrons. The molecular weight excluding hydrogens is 294 g/mol. The Morgan fingerprint density at radius 1 is 1.05 bits per heavy atom. The van der Waals surface area contributed by atoms with Crippen molar-refractivity contribution in [1.29, 1.82) is 0 Å². The number of hydrogen-bond acceptors (Lipinski definition) is 2. The molecule has 0 saturated carbocycles. The molecule has 4 heteroatoms. The van der Waals surface area contributed by atoms with E-state index in [9.17, 15) is 0 Å². The lowest BCUT2D eigenvalue weighted by Crippen LogP contribution is -2.05. The minimum Gasteiger partial charge on any atom is -0.249 e. The first-order valence-corrected chi connectivity index (χ1v) is 7.87. The van der Waals surface area contributed by atoms with Crippen LogP contribution in [0.15, 0.2) is 54.6 Å². The first kappa shape index (κ1) is 14.8. The van der Waals surface area contributed by atoms with Crippen LogP contribution in [0.4, 0.5) is 0 Å². The van der Waals surface area contributed by atoms with Gasteiger partial charge in [0.1, 0.15) is 5.82 Å². The van der Waals surface area contributed by atoms with Crippen LogP contribution in [-0.2, 0) is 13.0 Å². The molecule has 0 fully saturated rings. The van der Waals surface area contributed by atoms with Crippen molar-refractivity contribution in [2.24, 2.45) is 0 Å². The summed E-state index contributed by atoms with van der Waals surface area (Å²) < 4.78 is 2.00. The number of aryl methyl sites for hydroxylation is 1. The van der Waals surface area contributed by atoms with E-state index in [2.05, 4.69) is 18.1 Å². The summed E-state index contributed by atoms with van der Waals surface area (Å²) in [7, 11) is 0. The summed E-state index contributed by atoms with van der Waals surface area (Å²) in [6.45, 7) is 3.02. The summed E-state index contributed by atoms with van der Waals surface area (Å²) >= 11 is 6.07. The molecule has 0 aliphatic heterocycles. The first-order chi connectivity index (χ1) is 10.8. The van der Waals surface area contributed by atoms with Gasteiger partial charge in [-0.05, 0) is 24.1 Å². The lowest BCUT2D eigenvalue weighted by molar-refractivity contribution is 0.577. The molecule has 0 amide bonds. The molecule has 3 nitrogen and oxygen atoms in total. The molecule has 2 aromatic carbocycles. The summed E-state index contributed by atoms with van der Waals surface area (Å²) in [6, 6.07) is 18.0. The number of nitrogens with zero attached hydrogens (tertiary/aromatic N) is 3. The number of hydrogen-bond donors (Lipinski definition) is 0. The molecule has 112 valence electrons. The second-order valence-electron chi connectivity index (χ2n) is 5.25. The van der Waals surface area contributed by atoms with Crippen LogP contribution in [0.2, 0.25) is 5.02 Å². The van der Waals surface area contributed by atoms with E-state index in [0.717, 1.165) is 47.2 Å². The maximum absolute atomic E-state index is 6.07. The SMILES string of the molecule is CCCn1nc(-c2ccccc2)nc1Cc1cccc(Cl)c1. The molecular formula is C18H18ClN3. The topological polar surface area (TPSA) is 30.7 Å². The Kier molecular flexibility index (Phi) is 4.54. The molecule has 0 N–H and O–H groups in total. The normalized spacial score (nSPS) is 10.8. The molecule has 0 atom stereocenters. The Bertz CT molecular complexity index is 750. The van der Waals surface area contributed by atoms with Crippen molar-refractivity contribution in [1.82, 2.24) is 14.8 Å². The third kappa shape index (κ3) is 3.37. The smallest absolute Gasteiger partial charge is 0.181 e. The van der Waals surface area contributed by atoms with Gasteiger partial charge in [0.25, 0.3) is 0 Å². The van der Waals surface area contributed by atoms with Crippen LogP contribution in [0.25, 0.3) is 11.4 Å². The number of halogens is 1. The zero-order valence-corrected chi connectivity index (χ0v) is 13.3. The molecule has 3 aromatic rings. The fourth-order valence-corrected chi connectivity index (χ4v) is 2.65. The molecule has 0 bridgehead atoms. The van der Waals surface area contributed by atoms with E-state index in [4.69, 9.17) is 16.6 Å². The highest BCUT2D eigenvalue weighted by Gasteiger charge is 2.11. The van der Waals surface area contributed by atoms with Crippen molar-refractivity contribution < 1.29 is 0 Å². The van der Waals surface area contributed by atoms with Crippen LogP contribution in [-0.4, -0.2) is 14.8 Å². The molecule has 22 heavy (non-hydrogen) atoms. The minimum absolute atomic E-state index is 0.737. The summed E-state index contributed by atoms with van der Waals surface area (Å²) in [6.07, 6.45) is 1.76. The third-order valence-electron chi connectivity index (χ3n) is 3.47. The van der Waals surface area contributed by atoms with E-state index in [1.165, 1.54) is 0 Å². The van der Waals surface area contributed by atoms with Crippen molar-refractivity contribution >= 4 is 11.6 Å². The Labute approximate surface area is 135 Å². The predicted molar refractivity (Wildman–Crippen MR) is 90.0 cm³/mol. The van der Waals surface area contributed by atoms with E-state index in [1.54, 1.807) is 0 Å². The fourth-order valence-electron chi connectivity index (χ4n) is 2.44. The molecule has 3 rings (SSSR count). The van der Waals surface area contributed by atoms with Crippen LogP contribution < -0.4 is 0 Å². The van der Waals surface area contributed by atoms with E-state index < -0.39 is 0 Å². The van der Waals surface area contributed by atoms with E-state index in [-0.39, 0.29) is 0 Å². The number of aromatic nitrogens is 3. The zero-order valence-electron chi connectivity index (χ0n) is 12.5. The van der Waals surface area contributed by atoms with E-state index in [1.807, 2.05) is 53.2 Å². The average molecular weight is 312 g/mol. The fraction of sp³-hybridized carbons (Fsp3) is 0.222. The molecule has 0 aliphatic rings. The van der Waals surface area contributed by atoms with Gasteiger partial charge in [-0.25, -0.2) is 9.67 Å². The molecule has 0 saturated heterocycles. The molecule has 0 aliphatic carbocycles. The Morgan fingerprint density at radius 3 is 2.59 bits per heavy atom. The largest absolute Gasteiger partial charge is 0.249 e. The summed E-state index contributed by atoms with van der Waals surface area (Å²) in [5, 5.41) is 5.41. The Balaban J connectivity index is 1.94. The molecule has 0 unspecified atom stereocenters. The average Bonchev–Trinajstić information content (AvgIpc) is 2.92. The maximum Gasteiger partial charge on any atom is 0.181 e. The van der Waals surface area contributed by atoms with Crippen molar-refractivity contribution in [2.75, 3.05) is 0 Å². The second-order valence-corrected chi connectivity index (χ2v) is 5.68. The molecule has 1 aromatic heterocycles. The lowest BCUT2D eigenvalue weighted by Gasteiger charge is -2.04. The van der Waals surface area contributed by atoms with Crippen LogP contribution in [0, 0.1) is 0 Å². The van der Waals surface area contributed by atoms with E-state index in [0.29, 0.717) is 0 Å². The Hall–Kier alpha value is -2.13.